The van der Waals surface area contributed by atoms with Gasteiger partial charge in [0, 0.05) is 15.7 Å². The molecule has 1 aromatic heterocycles. The molecule has 1 atom stereocenters. The maximum atomic E-state index is 10.8. The Balaban J connectivity index is 2.20. The Bertz CT molecular complexity index is 628. The van der Waals surface area contributed by atoms with Gasteiger partial charge in [-0.25, -0.2) is 4.79 Å². The predicted molar refractivity (Wildman–Crippen MR) is 77.4 cm³/mol. The van der Waals surface area contributed by atoms with E-state index in [1.807, 2.05) is 19.1 Å². The summed E-state index contributed by atoms with van der Waals surface area (Å²) >= 11 is 1.54. The van der Waals surface area contributed by atoms with E-state index in [-0.39, 0.29) is 17.9 Å². The van der Waals surface area contributed by atoms with Crippen molar-refractivity contribution in [1.82, 2.24) is 0 Å². The minimum absolute atomic E-state index is 0.0236. The standard InChI is InChI=1S/C15H14O4S/c1-9(8-14(16)17)12-6-7-13(20-12)10-2-4-11(5-3-10)15(18)19/h2-7,9H,8H2,1H3,(H,16,17)(H,18,19). The van der Waals surface area contributed by atoms with E-state index in [0.29, 0.717) is 0 Å². The molecule has 104 valence electrons. The zero-order valence-corrected chi connectivity index (χ0v) is 11.7. The smallest absolute Gasteiger partial charge is 0.335 e. The fraction of sp³-hybridized carbons (Fsp3) is 0.200. The number of hydrogen-bond acceptors (Lipinski definition) is 3. The van der Waals surface area contributed by atoms with E-state index >= 15 is 0 Å². The molecule has 0 bridgehead atoms. The summed E-state index contributed by atoms with van der Waals surface area (Å²) in [6.45, 7) is 1.89. The summed E-state index contributed by atoms with van der Waals surface area (Å²) < 4.78 is 0. The highest BCUT2D eigenvalue weighted by Gasteiger charge is 2.13. The monoisotopic (exact) mass is 290 g/mol. The van der Waals surface area contributed by atoms with Crippen LogP contribution in [0.5, 0.6) is 0 Å². The van der Waals surface area contributed by atoms with Crippen molar-refractivity contribution in [2.75, 3.05) is 0 Å². The molecule has 0 saturated carbocycles. The van der Waals surface area contributed by atoms with E-state index in [9.17, 15) is 9.59 Å². The minimum atomic E-state index is -0.946. The van der Waals surface area contributed by atoms with Crippen LogP contribution in [0.2, 0.25) is 0 Å². The molecule has 20 heavy (non-hydrogen) atoms. The first-order valence-corrected chi connectivity index (χ1v) is 6.94. The SMILES string of the molecule is CC(CC(=O)O)c1ccc(-c2ccc(C(=O)O)cc2)s1. The van der Waals surface area contributed by atoms with Crippen LogP contribution >= 0.6 is 11.3 Å². The molecule has 2 N–H and O–H groups in total. The highest BCUT2D eigenvalue weighted by atomic mass is 32.1. The van der Waals surface area contributed by atoms with Crippen molar-refractivity contribution in [3.63, 3.8) is 0 Å². The molecule has 5 heteroatoms. The maximum Gasteiger partial charge on any atom is 0.335 e. The van der Waals surface area contributed by atoms with Gasteiger partial charge in [-0.05, 0) is 29.8 Å². The summed E-state index contributed by atoms with van der Waals surface area (Å²) in [5.74, 6) is -1.78. The third kappa shape index (κ3) is 3.24. The van der Waals surface area contributed by atoms with Crippen molar-refractivity contribution in [2.24, 2.45) is 0 Å². The van der Waals surface area contributed by atoms with Crippen LogP contribution in [0.1, 0.15) is 34.5 Å². The number of rotatable bonds is 5. The molecule has 0 aliphatic carbocycles. The molecular weight excluding hydrogens is 276 g/mol. The zero-order chi connectivity index (χ0) is 14.7. The van der Waals surface area contributed by atoms with Gasteiger partial charge in [0.15, 0.2) is 0 Å². The summed E-state index contributed by atoms with van der Waals surface area (Å²) in [6, 6.07) is 10.5. The second-order valence-electron chi connectivity index (χ2n) is 4.58. The average Bonchev–Trinajstić information content (AvgIpc) is 2.87. The van der Waals surface area contributed by atoms with Gasteiger partial charge in [0.2, 0.25) is 0 Å². The topological polar surface area (TPSA) is 74.6 Å². The van der Waals surface area contributed by atoms with E-state index in [0.717, 1.165) is 15.3 Å². The van der Waals surface area contributed by atoms with Crippen molar-refractivity contribution < 1.29 is 19.8 Å². The summed E-state index contributed by atoms with van der Waals surface area (Å²) in [5, 5.41) is 17.7. The van der Waals surface area contributed by atoms with Crippen LogP contribution in [0.4, 0.5) is 0 Å². The van der Waals surface area contributed by atoms with Gasteiger partial charge in [0.1, 0.15) is 0 Å². The van der Waals surface area contributed by atoms with E-state index in [1.165, 1.54) is 11.3 Å². The molecule has 0 saturated heterocycles. The number of benzene rings is 1. The minimum Gasteiger partial charge on any atom is -0.481 e. The summed E-state index contributed by atoms with van der Waals surface area (Å²) in [4.78, 5) is 23.5. The predicted octanol–water partition coefficient (Wildman–Crippen LogP) is 3.69. The van der Waals surface area contributed by atoms with Crippen LogP contribution in [0, 0.1) is 0 Å². The zero-order valence-electron chi connectivity index (χ0n) is 10.9. The van der Waals surface area contributed by atoms with Crippen LogP contribution in [-0.2, 0) is 4.79 Å². The van der Waals surface area contributed by atoms with Gasteiger partial charge in [-0.1, -0.05) is 19.1 Å². The Morgan fingerprint density at radius 2 is 1.75 bits per heavy atom. The van der Waals surface area contributed by atoms with Crippen molar-refractivity contribution in [3.8, 4) is 10.4 Å². The highest BCUT2D eigenvalue weighted by Crippen LogP contribution is 2.33. The molecule has 0 fully saturated rings. The van der Waals surface area contributed by atoms with Gasteiger partial charge >= 0.3 is 11.9 Å². The average molecular weight is 290 g/mol. The van der Waals surface area contributed by atoms with E-state index in [1.54, 1.807) is 24.3 Å². The first-order chi connectivity index (χ1) is 9.47. The Labute approximate surface area is 120 Å². The van der Waals surface area contributed by atoms with Gasteiger partial charge in [0.05, 0.1) is 12.0 Å². The fourth-order valence-corrected chi connectivity index (χ4v) is 2.98. The molecule has 0 amide bonds. The third-order valence-electron chi connectivity index (χ3n) is 3.01. The molecule has 0 radical (unpaired) electrons. The lowest BCUT2D eigenvalue weighted by molar-refractivity contribution is -0.137. The quantitative estimate of drug-likeness (QED) is 0.880. The maximum absolute atomic E-state index is 10.8. The second-order valence-corrected chi connectivity index (χ2v) is 5.70. The van der Waals surface area contributed by atoms with Crippen LogP contribution in [-0.4, -0.2) is 22.2 Å². The van der Waals surface area contributed by atoms with Gasteiger partial charge in [-0.3, -0.25) is 4.79 Å². The van der Waals surface area contributed by atoms with E-state index in [4.69, 9.17) is 10.2 Å². The molecule has 0 aliphatic rings. The number of thiophene rings is 1. The van der Waals surface area contributed by atoms with E-state index in [2.05, 4.69) is 0 Å². The first-order valence-electron chi connectivity index (χ1n) is 6.12. The third-order valence-corrected chi connectivity index (χ3v) is 4.38. The van der Waals surface area contributed by atoms with Crippen molar-refractivity contribution in [2.45, 2.75) is 19.3 Å². The van der Waals surface area contributed by atoms with Crippen molar-refractivity contribution in [3.05, 3.63) is 46.8 Å². The summed E-state index contributed by atoms with van der Waals surface area (Å²) in [5.41, 5.74) is 1.19. The molecule has 2 rings (SSSR count). The van der Waals surface area contributed by atoms with Gasteiger partial charge in [-0.15, -0.1) is 11.3 Å². The van der Waals surface area contributed by atoms with Crippen molar-refractivity contribution in [1.29, 1.82) is 0 Å². The largest absolute Gasteiger partial charge is 0.481 e. The van der Waals surface area contributed by atoms with Crippen LogP contribution in [0.3, 0.4) is 0 Å². The van der Waals surface area contributed by atoms with Gasteiger partial charge in [-0.2, -0.15) is 0 Å². The molecule has 1 heterocycles. The Morgan fingerprint density at radius 1 is 1.10 bits per heavy atom. The molecular formula is C15H14O4S. The number of carboxylic acid groups (broad SMARTS) is 2. The number of aromatic carboxylic acids is 1. The summed E-state index contributed by atoms with van der Waals surface area (Å²) in [6.07, 6.45) is 0.109. The Morgan fingerprint density at radius 3 is 2.30 bits per heavy atom. The van der Waals surface area contributed by atoms with Gasteiger partial charge < -0.3 is 10.2 Å². The Kier molecular flexibility index (Phi) is 4.20. The molecule has 4 nitrogen and oxygen atoms in total. The van der Waals surface area contributed by atoms with E-state index < -0.39 is 11.9 Å². The first kappa shape index (κ1) is 14.3. The normalized spacial score (nSPS) is 12.1. The molecule has 1 unspecified atom stereocenters. The number of carboxylic acids is 2. The van der Waals surface area contributed by atoms with Crippen LogP contribution < -0.4 is 0 Å². The molecule has 1 aromatic carbocycles. The van der Waals surface area contributed by atoms with Crippen molar-refractivity contribution >= 4 is 23.3 Å². The highest BCUT2D eigenvalue weighted by molar-refractivity contribution is 7.15. The fourth-order valence-electron chi connectivity index (χ4n) is 1.91. The van der Waals surface area contributed by atoms with Crippen LogP contribution in [0.15, 0.2) is 36.4 Å². The number of carbonyl (C=O) groups is 2. The lowest BCUT2D eigenvalue weighted by Crippen LogP contribution is -2.00. The number of aliphatic carboxylic acids is 1. The number of hydrogen-bond donors (Lipinski definition) is 2. The lowest BCUT2D eigenvalue weighted by Gasteiger charge is -2.04. The molecule has 2 aromatic rings. The molecule has 0 aliphatic heterocycles. The van der Waals surface area contributed by atoms with Gasteiger partial charge in [0.25, 0.3) is 0 Å². The Hall–Kier alpha value is -2.14. The molecule has 0 spiro atoms. The second kappa shape index (κ2) is 5.88. The lowest BCUT2D eigenvalue weighted by atomic mass is 10.1. The van der Waals surface area contributed by atoms with Crippen LogP contribution in [0.25, 0.3) is 10.4 Å². The summed E-state index contributed by atoms with van der Waals surface area (Å²) in [7, 11) is 0.